The minimum Gasteiger partial charge on any atom is -0.273 e. The Balaban J connectivity index is 1.81. The van der Waals surface area contributed by atoms with Crippen LogP contribution in [0.4, 0.5) is 0 Å². The Morgan fingerprint density at radius 1 is 0.778 bits per heavy atom. The van der Waals surface area contributed by atoms with Crippen LogP contribution in [0.5, 0.6) is 0 Å². The molecule has 0 saturated heterocycles. The van der Waals surface area contributed by atoms with E-state index in [0.29, 0.717) is 12.8 Å². The fraction of sp³-hybridized carbons (Fsp3) is 0.167. The molecule has 0 spiro atoms. The summed E-state index contributed by atoms with van der Waals surface area (Å²) < 4.78 is 0. The van der Waals surface area contributed by atoms with Crippen LogP contribution in [0.3, 0.4) is 0 Å². The highest BCUT2D eigenvalue weighted by Crippen LogP contribution is 2.13. The minimum atomic E-state index is -0.0935. The van der Waals surface area contributed by atoms with Crippen molar-refractivity contribution in [3.8, 4) is 0 Å². The first kappa shape index (κ1) is 10.6. The summed E-state index contributed by atoms with van der Waals surface area (Å²) >= 11 is 0. The summed E-state index contributed by atoms with van der Waals surface area (Å²) in [7, 11) is 0. The van der Waals surface area contributed by atoms with Crippen LogP contribution in [0.25, 0.3) is 0 Å². The van der Waals surface area contributed by atoms with Crippen LogP contribution in [0.1, 0.15) is 24.0 Å². The summed E-state index contributed by atoms with van der Waals surface area (Å²) in [4.78, 5) is 22.1. The first-order valence-corrected chi connectivity index (χ1v) is 5.54. The summed E-state index contributed by atoms with van der Waals surface area (Å²) in [5.41, 5.74) is 8.09. The molecule has 0 unspecified atom stereocenters. The minimum absolute atomic E-state index is 0.0935. The van der Waals surface area contributed by atoms with E-state index in [1.165, 1.54) is 0 Å². The number of carbonyl (C=O) groups is 2. The number of hydrogen-bond acceptors (Lipinski definition) is 4. The maximum Gasteiger partial charge on any atom is 0.246 e. The molecule has 2 amide bonds. The number of carbonyl (C=O) groups excluding carboxylic acids is 2. The molecular formula is C12H10N4O2. The Kier molecular flexibility index (Phi) is 2.40. The Hall–Kier alpha value is -2.50. The number of hydrogen-bond donors (Lipinski definition) is 2. The van der Waals surface area contributed by atoms with E-state index in [4.69, 9.17) is 0 Å². The van der Waals surface area contributed by atoms with Crippen molar-refractivity contribution in [1.29, 1.82) is 0 Å². The van der Waals surface area contributed by atoms with Gasteiger partial charge >= 0.3 is 0 Å². The molecule has 6 heteroatoms. The predicted molar refractivity (Wildman–Crippen MR) is 65.0 cm³/mol. The van der Waals surface area contributed by atoms with Crippen molar-refractivity contribution in [2.24, 2.45) is 10.2 Å². The van der Waals surface area contributed by atoms with Gasteiger partial charge < -0.3 is 0 Å². The molecule has 2 aliphatic rings. The molecule has 6 nitrogen and oxygen atoms in total. The summed E-state index contributed by atoms with van der Waals surface area (Å²) in [6, 6.07) is 7.50. The number of amides is 2. The van der Waals surface area contributed by atoms with Gasteiger partial charge in [-0.15, -0.1) is 0 Å². The third kappa shape index (κ3) is 1.88. The normalized spacial score (nSPS) is 18.2. The fourth-order valence-electron chi connectivity index (χ4n) is 1.91. The van der Waals surface area contributed by atoms with Crippen LogP contribution in [0.2, 0.25) is 0 Å². The van der Waals surface area contributed by atoms with Crippen LogP contribution in [0, 0.1) is 0 Å². The molecule has 3 rings (SSSR count). The van der Waals surface area contributed by atoms with Gasteiger partial charge in [-0.3, -0.25) is 9.59 Å². The zero-order valence-corrected chi connectivity index (χ0v) is 9.43. The molecule has 0 aliphatic carbocycles. The lowest BCUT2D eigenvalue weighted by atomic mass is 10.0. The Labute approximate surface area is 103 Å². The molecule has 0 saturated carbocycles. The van der Waals surface area contributed by atoms with Gasteiger partial charge in [0.25, 0.3) is 0 Å². The van der Waals surface area contributed by atoms with Crippen molar-refractivity contribution in [3.63, 3.8) is 0 Å². The predicted octanol–water partition coefficient (Wildman–Crippen LogP) is 0.135. The quantitative estimate of drug-likeness (QED) is 0.773. The van der Waals surface area contributed by atoms with Crippen molar-refractivity contribution in [1.82, 2.24) is 10.9 Å². The number of rotatable bonds is 2. The third-order valence-electron chi connectivity index (χ3n) is 2.84. The first-order valence-electron chi connectivity index (χ1n) is 5.54. The van der Waals surface area contributed by atoms with Gasteiger partial charge in [0.05, 0.1) is 24.3 Å². The van der Waals surface area contributed by atoms with E-state index < -0.39 is 0 Å². The second-order valence-electron chi connectivity index (χ2n) is 4.12. The van der Waals surface area contributed by atoms with E-state index in [0.717, 1.165) is 22.6 Å². The van der Waals surface area contributed by atoms with Gasteiger partial charge in [0.1, 0.15) is 0 Å². The molecular weight excluding hydrogens is 232 g/mol. The van der Waals surface area contributed by atoms with E-state index in [-0.39, 0.29) is 11.8 Å². The maximum atomic E-state index is 11.0. The molecule has 1 aromatic rings. The molecule has 0 radical (unpaired) electrons. The van der Waals surface area contributed by atoms with Crippen molar-refractivity contribution in [3.05, 3.63) is 35.4 Å². The van der Waals surface area contributed by atoms with E-state index >= 15 is 0 Å². The standard InChI is InChI=1S/C12H10N4O2/c17-11-5-9(13-15-11)7-1-2-8(4-3-7)10-6-12(18)16-14-10/h1-4H,5-6H2,(H,15,17)(H,16,18). The van der Waals surface area contributed by atoms with Crippen LogP contribution in [-0.4, -0.2) is 23.2 Å². The van der Waals surface area contributed by atoms with Gasteiger partial charge in [0, 0.05) is 0 Å². The zero-order chi connectivity index (χ0) is 12.5. The highest BCUT2D eigenvalue weighted by atomic mass is 16.2. The van der Waals surface area contributed by atoms with Crippen LogP contribution in [-0.2, 0) is 9.59 Å². The van der Waals surface area contributed by atoms with E-state index in [9.17, 15) is 9.59 Å². The molecule has 0 atom stereocenters. The summed E-state index contributed by atoms with van der Waals surface area (Å²) in [5, 5.41) is 7.89. The molecule has 2 aliphatic heterocycles. The molecule has 2 N–H and O–H groups in total. The highest BCUT2D eigenvalue weighted by molar-refractivity contribution is 6.15. The average Bonchev–Trinajstić information content (AvgIpc) is 2.98. The van der Waals surface area contributed by atoms with E-state index in [2.05, 4.69) is 21.1 Å². The molecule has 0 aromatic heterocycles. The van der Waals surface area contributed by atoms with E-state index in [1.807, 2.05) is 24.3 Å². The molecule has 90 valence electrons. The largest absolute Gasteiger partial charge is 0.273 e. The molecule has 18 heavy (non-hydrogen) atoms. The van der Waals surface area contributed by atoms with Crippen molar-refractivity contribution in [2.45, 2.75) is 12.8 Å². The van der Waals surface area contributed by atoms with Crippen molar-refractivity contribution >= 4 is 23.2 Å². The summed E-state index contributed by atoms with van der Waals surface area (Å²) in [5.74, 6) is -0.187. The SMILES string of the molecule is O=C1CC(c2ccc(C3=NNC(=O)C3)cc2)=NN1. The van der Waals surface area contributed by atoms with Gasteiger partial charge in [0.15, 0.2) is 0 Å². The summed E-state index contributed by atoms with van der Waals surface area (Å²) in [6.07, 6.45) is 0.612. The highest BCUT2D eigenvalue weighted by Gasteiger charge is 2.18. The van der Waals surface area contributed by atoms with Gasteiger partial charge in [-0.25, -0.2) is 10.9 Å². The van der Waals surface area contributed by atoms with Gasteiger partial charge in [-0.1, -0.05) is 24.3 Å². The number of nitrogens with zero attached hydrogens (tertiary/aromatic N) is 2. The number of hydrazone groups is 2. The van der Waals surface area contributed by atoms with Crippen LogP contribution in [0.15, 0.2) is 34.5 Å². The molecule has 0 fully saturated rings. The van der Waals surface area contributed by atoms with Crippen LogP contribution >= 0.6 is 0 Å². The molecule has 1 aromatic carbocycles. The Morgan fingerprint density at radius 2 is 1.17 bits per heavy atom. The van der Waals surface area contributed by atoms with Crippen molar-refractivity contribution < 1.29 is 9.59 Å². The topological polar surface area (TPSA) is 82.9 Å². The van der Waals surface area contributed by atoms with E-state index in [1.54, 1.807) is 0 Å². The first-order chi connectivity index (χ1) is 8.72. The maximum absolute atomic E-state index is 11.0. The summed E-state index contributed by atoms with van der Waals surface area (Å²) in [6.45, 7) is 0. The van der Waals surface area contributed by atoms with Crippen LogP contribution < -0.4 is 10.9 Å². The monoisotopic (exact) mass is 242 g/mol. The van der Waals surface area contributed by atoms with Gasteiger partial charge in [-0.05, 0) is 11.1 Å². The Bertz CT molecular complexity index is 534. The fourth-order valence-corrected chi connectivity index (χ4v) is 1.91. The lowest BCUT2D eigenvalue weighted by Gasteiger charge is -2.01. The van der Waals surface area contributed by atoms with Crippen molar-refractivity contribution in [2.75, 3.05) is 0 Å². The number of benzene rings is 1. The zero-order valence-electron chi connectivity index (χ0n) is 9.43. The lowest BCUT2D eigenvalue weighted by Crippen LogP contribution is -2.09. The molecule has 2 heterocycles. The lowest BCUT2D eigenvalue weighted by molar-refractivity contribution is -0.120. The number of nitrogens with one attached hydrogen (secondary N) is 2. The molecule has 0 bridgehead atoms. The second-order valence-corrected chi connectivity index (χ2v) is 4.12. The average molecular weight is 242 g/mol. The van der Waals surface area contributed by atoms with Gasteiger partial charge in [-0.2, -0.15) is 10.2 Å². The second kappa shape index (κ2) is 4.06. The smallest absolute Gasteiger partial charge is 0.246 e. The third-order valence-corrected chi connectivity index (χ3v) is 2.84. The Morgan fingerprint density at radius 3 is 1.44 bits per heavy atom. The van der Waals surface area contributed by atoms with Gasteiger partial charge in [0.2, 0.25) is 11.8 Å².